The van der Waals surface area contributed by atoms with Crippen LogP contribution in [-0.2, 0) is 34.3 Å². The molecule has 2 aliphatic heterocycles. The first-order valence-corrected chi connectivity index (χ1v) is 24.4. The number of esters is 1. The molecule has 2 fully saturated rings. The van der Waals surface area contributed by atoms with Gasteiger partial charge < -0.3 is 25.3 Å². The number of halogens is 1. The Morgan fingerprint density at radius 1 is 0.831 bits per heavy atom. The number of ether oxygens (including phenoxy) is 1. The maximum atomic E-state index is 14.6. The molecule has 6 aromatic rings. The van der Waals surface area contributed by atoms with Crippen LogP contribution in [-0.4, -0.2) is 71.7 Å². The Labute approximate surface area is 397 Å². The Bertz CT molecular complexity index is 2620. The van der Waals surface area contributed by atoms with Crippen molar-refractivity contribution in [2.45, 2.75) is 47.9 Å². The number of carboxylic acid groups (broad SMARTS) is 1. The molecule has 3 heterocycles. The van der Waals surface area contributed by atoms with Crippen LogP contribution < -0.4 is 10.6 Å². The monoisotopic (exact) mass is 1020 g/mol. The number of fused-ring (bicyclic) bond motifs is 1. The maximum Gasteiger partial charge on any atom is 0.354 e. The van der Waals surface area contributed by atoms with Crippen molar-refractivity contribution in [2.24, 2.45) is 5.16 Å². The van der Waals surface area contributed by atoms with Crippen molar-refractivity contribution in [3.8, 4) is 0 Å². The summed E-state index contributed by atoms with van der Waals surface area (Å²) in [5.41, 5.74) is 2.37. The van der Waals surface area contributed by atoms with Crippen LogP contribution in [0.3, 0.4) is 0 Å². The Morgan fingerprint density at radius 2 is 1.35 bits per heavy atom. The summed E-state index contributed by atoms with van der Waals surface area (Å²) in [5.74, 6) is -2.78. The molecule has 2 atom stereocenters. The zero-order valence-electron chi connectivity index (χ0n) is 34.7. The summed E-state index contributed by atoms with van der Waals surface area (Å²) in [4.78, 5) is 67.3. The van der Waals surface area contributed by atoms with E-state index < -0.39 is 52.4 Å². The number of carbonyl (C=O) groups excluding carboxylic acids is 3. The number of nitrogens with one attached hydrogen (secondary N) is 2. The highest BCUT2D eigenvalue weighted by atomic mass is 127. The second kappa shape index (κ2) is 19.0. The van der Waals surface area contributed by atoms with Crippen molar-refractivity contribution in [1.29, 1.82) is 0 Å². The molecular weight excluding hydrogens is 974 g/mol. The second-order valence-corrected chi connectivity index (χ2v) is 18.5. The number of hydrogen-bond acceptors (Lipinski definition) is 11. The number of oxime groups is 1. The molecule has 1 unspecified atom stereocenters. The highest BCUT2D eigenvalue weighted by Crippen LogP contribution is 2.43. The summed E-state index contributed by atoms with van der Waals surface area (Å²) in [6, 6.07) is 47.8. The molecule has 3 N–H and O–H groups in total. The van der Waals surface area contributed by atoms with Gasteiger partial charge in [0.2, 0.25) is 5.60 Å². The number of carboxylic acids is 1. The fraction of sp³-hybridized carbons (Fsp3) is 0.200. The first-order chi connectivity index (χ1) is 31.7. The van der Waals surface area contributed by atoms with Gasteiger partial charge in [-0.05, 0) is 39.8 Å². The maximum absolute atomic E-state index is 14.6. The average Bonchev–Trinajstić information content (AvgIpc) is 3.80. The molecule has 15 heteroatoms. The molecule has 0 bridgehead atoms. The van der Waals surface area contributed by atoms with E-state index in [0.717, 1.165) is 27.8 Å². The van der Waals surface area contributed by atoms with E-state index >= 15 is 0 Å². The fourth-order valence-corrected chi connectivity index (χ4v) is 11.4. The molecule has 0 spiro atoms. The summed E-state index contributed by atoms with van der Waals surface area (Å²) in [7, 11) is 0. The average molecular weight is 1020 g/mol. The number of thioether (sulfide) groups is 1. The third kappa shape index (κ3) is 8.55. The number of β-lactam (4-membered cyclic amide) rings is 1. The molecule has 328 valence electrons. The Hall–Kier alpha value is -6.30. The summed E-state index contributed by atoms with van der Waals surface area (Å²) in [5, 5.41) is 22.5. The number of carbonyl (C=O) groups is 4. The Morgan fingerprint density at radius 3 is 1.83 bits per heavy atom. The number of aromatic nitrogens is 1. The van der Waals surface area contributed by atoms with Crippen molar-refractivity contribution in [3.05, 3.63) is 202 Å². The van der Waals surface area contributed by atoms with Gasteiger partial charge in [-0.25, -0.2) is 14.6 Å². The van der Waals surface area contributed by atoms with E-state index in [1.807, 2.05) is 152 Å². The lowest BCUT2D eigenvalue weighted by Gasteiger charge is -2.49. The number of amides is 2. The number of benzene rings is 5. The first kappa shape index (κ1) is 43.9. The quantitative estimate of drug-likeness (QED) is 0.0163. The van der Waals surface area contributed by atoms with Crippen molar-refractivity contribution in [2.75, 3.05) is 15.5 Å². The smallest absolute Gasteiger partial charge is 0.354 e. The molecule has 5 aromatic carbocycles. The van der Waals surface area contributed by atoms with E-state index in [1.54, 1.807) is 5.38 Å². The van der Waals surface area contributed by atoms with Crippen LogP contribution >= 0.6 is 45.7 Å². The predicted molar refractivity (Wildman–Crippen MR) is 259 cm³/mol. The third-order valence-corrected chi connectivity index (χ3v) is 14.9. The number of rotatable bonds is 16. The van der Waals surface area contributed by atoms with Gasteiger partial charge in [0.1, 0.15) is 28.3 Å². The van der Waals surface area contributed by atoms with Crippen LogP contribution in [0, 0.1) is 0 Å². The van der Waals surface area contributed by atoms with Gasteiger partial charge in [0.15, 0.2) is 16.9 Å². The third-order valence-electron chi connectivity index (χ3n) is 11.8. The van der Waals surface area contributed by atoms with Gasteiger partial charge in [0, 0.05) is 28.4 Å². The van der Waals surface area contributed by atoms with E-state index in [1.165, 1.54) is 28.0 Å². The van der Waals surface area contributed by atoms with Crippen molar-refractivity contribution in [1.82, 2.24) is 15.2 Å². The van der Waals surface area contributed by atoms with Gasteiger partial charge in [-0.15, -0.1) is 23.1 Å². The fourth-order valence-electron chi connectivity index (χ4n) is 8.34. The molecule has 9 rings (SSSR count). The lowest BCUT2D eigenvalue weighted by Crippen LogP contribution is -2.71. The van der Waals surface area contributed by atoms with Gasteiger partial charge in [-0.2, -0.15) is 0 Å². The number of anilines is 1. The van der Waals surface area contributed by atoms with Crippen LogP contribution in [0.4, 0.5) is 5.13 Å². The minimum absolute atomic E-state index is 0.0560. The van der Waals surface area contributed by atoms with Gasteiger partial charge in [-0.1, -0.05) is 179 Å². The molecule has 3 aliphatic rings. The van der Waals surface area contributed by atoms with Crippen LogP contribution in [0.25, 0.3) is 0 Å². The van der Waals surface area contributed by atoms with E-state index in [4.69, 9.17) is 14.6 Å². The molecule has 1 aliphatic carbocycles. The van der Waals surface area contributed by atoms with Crippen molar-refractivity contribution in [3.63, 3.8) is 0 Å². The molecular formula is C50H42IN5O7S2. The zero-order chi connectivity index (χ0) is 45.0. The number of alkyl halides is 1. The van der Waals surface area contributed by atoms with E-state index in [-0.39, 0.29) is 29.9 Å². The lowest BCUT2D eigenvalue weighted by molar-refractivity contribution is -0.189. The number of hydrogen-bond donors (Lipinski definition) is 3. The van der Waals surface area contributed by atoms with Gasteiger partial charge in [-0.3, -0.25) is 14.5 Å². The van der Waals surface area contributed by atoms with Crippen LogP contribution in [0.5, 0.6) is 0 Å². The van der Waals surface area contributed by atoms with Gasteiger partial charge in [0.25, 0.3) is 11.8 Å². The van der Waals surface area contributed by atoms with Crippen LogP contribution in [0.15, 0.2) is 173 Å². The molecule has 12 nitrogen and oxygen atoms in total. The second-order valence-electron chi connectivity index (χ2n) is 15.7. The highest BCUT2D eigenvalue weighted by Gasteiger charge is 2.55. The lowest BCUT2D eigenvalue weighted by atomic mass is 9.77. The molecule has 1 aromatic heterocycles. The molecule has 1 saturated heterocycles. The number of thiazole rings is 1. The minimum atomic E-state index is -1.51. The summed E-state index contributed by atoms with van der Waals surface area (Å²) < 4.78 is 6.70. The largest absolute Gasteiger partial charge is 0.477 e. The molecule has 65 heavy (non-hydrogen) atoms. The van der Waals surface area contributed by atoms with Crippen LogP contribution in [0.1, 0.15) is 58.9 Å². The zero-order valence-corrected chi connectivity index (χ0v) is 38.5. The predicted octanol–water partition coefficient (Wildman–Crippen LogP) is 8.70. The van der Waals surface area contributed by atoms with E-state index in [0.29, 0.717) is 27.3 Å². The summed E-state index contributed by atoms with van der Waals surface area (Å²) in [6.07, 6.45) is 0.497. The van der Waals surface area contributed by atoms with Crippen molar-refractivity contribution < 1.29 is 33.9 Å². The van der Waals surface area contributed by atoms with Gasteiger partial charge >= 0.3 is 11.9 Å². The molecule has 2 amide bonds. The standard InChI is InChI=1S/C50H42IN5O7S2/c51-29-34-30-64-45-40(44(58)56(45)41(34)46(59)60)53-43(57)39(55-63-49(27-16-28-49)47(61)62-42(32-17-6-1-7-18-32)33-19-8-2-9-20-33)38-31-65-48(52-38)54-50(35-21-10-3-11-22-35,36-23-12-4-13-24-36)37-25-14-5-15-26-37/h1-15,17-26,31,40,42,45H,16,27-30H2,(H,52,54)(H,53,57)(H,59,60)/b55-39-/t40?,45-/m0/s1. The molecule has 1 saturated carbocycles. The Kier molecular flexibility index (Phi) is 12.9. The first-order valence-electron chi connectivity index (χ1n) is 21.0. The van der Waals surface area contributed by atoms with Crippen molar-refractivity contribution >= 4 is 80.3 Å². The highest BCUT2D eigenvalue weighted by molar-refractivity contribution is 14.1. The number of aliphatic carboxylic acids is 1. The van der Waals surface area contributed by atoms with E-state index in [9.17, 15) is 24.3 Å². The van der Waals surface area contributed by atoms with Gasteiger partial charge in [0.05, 0.1) is 0 Å². The summed E-state index contributed by atoms with van der Waals surface area (Å²) >= 11 is 4.72. The normalized spacial score (nSPS) is 17.9. The number of nitrogens with zero attached hydrogens (tertiary/aromatic N) is 3. The van der Waals surface area contributed by atoms with E-state index in [2.05, 4.69) is 38.4 Å². The Balaban J connectivity index is 1.07. The SMILES string of the molecule is O=C(O)C1=C(CI)CS[C@H]2C(NC(=O)/C(=N\OC3(C(=O)OC(c4ccccc4)c4ccccc4)CCC3)c3csc(NC(c4ccccc4)(c4ccccc4)c4ccccc4)n3)C(=O)N12. The molecule has 0 radical (unpaired) electrons. The minimum Gasteiger partial charge on any atom is -0.477 e. The summed E-state index contributed by atoms with van der Waals surface area (Å²) in [6.45, 7) is 0. The topological polar surface area (TPSA) is 160 Å². The van der Waals surface area contributed by atoms with Crippen LogP contribution in [0.2, 0.25) is 0 Å².